The molecule has 1 N–H and O–H groups in total. The van der Waals surface area contributed by atoms with Gasteiger partial charge in [0.15, 0.2) is 23.9 Å². The molecule has 0 saturated carbocycles. The highest BCUT2D eigenvalue weighted by Gasteiger charge is 2.09. The fourth-order valence-electron chi connectivity index (χ4n) is 2.59. The van der Waals surface area contributed by atoms with Crippen molar-refractivity contribution in [2.24, 2.45) is 0 Å². The molecule has 0 bridgehead atoms. The molecule has 7 heteroatoms. The van der Waals surface area contributed by atoms with E-state index in [9.17, 15) is 9.59 Å². The number of hydrogen-bond acceptors (Lipinski definition) is 5. The van der Waals surface area contributed by atoms with Gasteiger partial charge in [0, 0.05) is 5.69 Å². The maximum Gasteiger partial charge on any atom is 0.262 e. The summed E-state index contributed by atoms with van der Waals surface area (Å²) in [7, 11) is 1.51. The minimum absolute atomic E-state index is 0.126. The Kier molecular flexibility index (Phi) is 7.27. The first-order valence-electron chi connectivity index (χ1n) is 9.09. The molecule has 2 aromatic carbocycles. The Morgan fingerprint density at radius 2 is 1.83 bits per heavy atom. The van der Waals surface area contributed by atoms with Gasteiger partial charge >= 0.3 is 0 Å². The Morgan fingerprint density at radius 1 is 1.07 bits per heavy atom. The van der Waals surface area contributed by atoms with Crippen LogP contribution in [0.4, 0.5) is 5.69 Å². The van der Waals surface area contributed by atoms with E-state index < -0.39 is 0 Å². The van der Waals surface area contributed by atoms with E-state index in [4.69, 9.17) is 21.1 Å². The predicted octanol–water partition coefficient (Wildman–Crippen LogP) is 5.63. The molecular weight excluding hydrogens is 422 g/mol. The molecule has 0 fully saturated rings. The van der Waals surface area contributed by atoms with Gasteiger partial charge in [-0.3, -0.25) is 9.59 Å². The third kappa shape index (κ3) is 5.95. The van der Waals surface area contributed by atoms with Gasteiger partial charge in [0.25, 0.3) is 5.91 Å². The summed E-state index contributed by atoms with van der Waals surface area (Å²) in [5, 5.41) is 2.78. The van der Waals surface area contributed by atoms with Crippen molar-refractivity contribution in [2.45, 2.75) is 6.92 Å². The minimum Gasteiger partial charge on any atom is -0.493 e. The Bertz CT molecular complexity index is 1070. The van der Waals surface area contributed by atoms with E-state index in [1.165, 1.54) is 24.5 Å². The number of aryl methyl sites for hydroxylation is 1. The van der Waals surface area contributed by atoms with Crippen LogP contribution >= 0.6 is 22.9 Å². The van der Waals surface area contributed by atoms with Crippen molar-refractivity contribution in [3.63, 3.8) is 0 Å². The van der Waals surface area contributed by atoms with Crippen LogP contribution in [0.1, 0.15) is 20.8 Å². The Hall–Kier alpha value is -3.09. The van der Waals surface area contributed by atoms with Gasteiger partial charge in [-0.2, -0.15) is 0 Å². The predicted molar refractivity (Wildman–Crippen MR) is 121 cm³/mol. The lowest BCUT2D eigenvalue weighted by Crippen LogP contribution is -2.20. The van der Waals surface area contributed by atoms with E-state index in [1.807, 2.05) is 31.2 Å². The third-order valence-corrected chi connectivity index (χ3v) is 5.37. The smallest absolute Gasteiger partial charge is 0.262 e. The summed E-state index contributed by atoms with van der Waals surface area (Å²) >= 11 is 7.10. The second kappa shape index (κ2) is 10.1. The second-order valence-electron chi connectivity index (χ2n) is 6.41. The van der Waals surface area contributed by atoms with Crippen LogP contribution in [0.3, 0.4) is 0 Å². The molecule has 0 spiro atoms. The lowest BCUT2D eigenvalue weighted by molar-refractivity contribution is -0.118. The molecule has 0 aliphatic heterocycles. The summed E-state index contributed by atoms with van der Waals surface area (Å²) in [6.07, 6.45) is 3.17. The molecule has 0 atom stereocenters. The van der Waals surface area contributed by atoms with Crippen molar-refractivity contribution >= 4 is 46.4 Å². The van der Waals surface area contributed by atoms with Gasteiger partial charge in [0.1, 0.15) is 0 Å². The van der Waals surface area contributed by atoms with Gasteiger partial charge in [-0.15, -0.1) is 11.3 Å². The summed E-state index contributed by atoms with van der Waals surface area (Å²) in [5.74, 6) is 0.501. The molecule has 0 radical (unpaired) electrons. The molecule has 0 saturated heterocycles. The molecule has 5 nitrogen and oxygen atoms in total. The van der Waals surface area contributed by atoms with Crippen LogP contribution < -0.4 is 14.8 Å². The molecule has 0 aliphatic carbocycles. The van der Waals surface area contributed by atoms with E-state index in [0.717, 1.165) is 11.1 Å². The first-order valence-corrected chi connectivity index (χ1v) is 10.3. The second-order valence-corrected chi connectivity index (χ2v) is 8.13. The average molecular weight is 442 g/mol. The van der Waals surface area contributed by atoms with Crippen molar-refractivity contribution in [3.8, 4) is 11.5 Å². The van der Waals surface area contributed by atoms with Gasteiger partial charge in [0.2, 0.25) is 0 Å². The van der Waals surface area contributed by atoms with Crippen molar-refractivity contribution in [2.75, 3.05) is 19.0 Å². The highest BCUT2D eigenvalue weighted by molar-refractivity contribution is 7.18. The van der Waals surface area contributed by atoms with Crippen molar-refractivity contribution in [3.05, 3.63) is 81.0 Å². The highest BCUT2D eigenvalue weighted by atomic mass is 35.5. The van der Waals surface area contributed by atoms with Crippen LogP contribution in [0, 0.1) is 6.92 Å². The first kappa shape index (κ1) is 21.6. The zero-order valence-electron chi connectivity index (χ0n) is 16.5. The fraction of sp³-hybridized carbons (Fsp3) is 0.130. The number of rotatable bonds is 8. The number of hydrogen-bond donors (Lipinski definition) is 1. The fourth-order valence-corrected chi connectivity index (χ4v) is 3.55. The number of anilines is 1. The summed E-state index contributed by atoms with van der Waals surface area (Å²) in [5.41, 5.74) is 2.58. The van der Waals surface area contributed by atoms with E-state index in [2.05, 4.69) is 5.32 Å². The monoisotopic (exact) mass is 441 g/mol. The number of nitrogens with one attached hydrogen (secondary N) is 1. The maximum atomic E-state index is 12.2. The molecule has 0 unspecified atom stereocenters. The van der Waals surface area contributed by atoms with Crippen molar-refractivity contribution in [1.82, 2.24) is 0 Å². The topological polar surface area (TPSA) is 64.6 Å². The van der Waals surface area contributed by atoms with Gasteiger partial charge in [0.05, 0.1) is 16.3 Å². The van der Waals surface area contributed by atoms with Gasteiger partial charge in [-0.1, -0.05) is 41.4 Å². The van der Waals surface area contributed by atoms with Crippen LogP contribution in [-0.4, -0.2) is 25.4 Å². The molecule has 0 aliphatic rings. The lowest BCUT2D eigenvalue weighted by Gasteiger charge is -2.11. The Morgan fingerprint density at radius 3 is 2.50 bits per heavy atom. The summed E-state index contributed by atoms with van der Waals surface area (Å²) in [6, 6.07) is 16.1. The number of halogens is 1. The number of carbonyl (C=O) groups is 2. The third-order valence-electron chi connectivity index (χ3n) is 4.12. The van der Waals surface area contributed by atoms with Crippen LogP contribution in [0.2, 0.25) is 4.34 Å². The number of benzene rings is 2. The van der Waals surface area contributed by atoms with Gasteiger partial charge < -0.3 is 14.8 Å². The van der Waals surface area contributed by atoms with Crippen LogP contribution in [0.15, 0.2) is 60.7 Å². The summed E-state index contributed by atoms with van der Waals surface area (Å²) < 4.78 is 11.5. The Balaban J connectivity index is 1.60. The normalized spacial score (nSPS) is 10.8. The van der Waals surface area contributed by atoms with Crippen LogP contribution in [0.5, 0.6) is 11.5 Å². The number of ketones is 1. The molecule has 30 heavy (non-hydrogen) atoms. The van der Waals surface area contributed by atoms with Crippen molar-refractivity contribution in [1.29, 1.82) is 0 Å². The summed E-state index contributed by atoms with van der Waals surface area (Å²) in [4.78, 5) is 24.9. The van der Waals surface area contributed by atoms with Crippen LogP contribution in [-0.2, 0) is 4.79 Å². The minimum atomic E-state index is -0.273. The highest BCUT2D eigenvalue weighted by Crippen LogP contribution is 2.29. The number of allylic oxidation sites excluding steroid dienone is 1. The molecule has 1 amide bonds. The van der Waals surface area contributed by atoms with E-state index in [0.29, 0.717) is 26.4 Å². The van der Waals surface area contributed by atoms with E-state index in [1.54, 1.807) is 36.4 Å². The number of amides is 1. The van der Waals surface area contributed by atoms with Crippen molar-refractivity contribution < 1.29 is 19.1 Å². The van der Waals surface area contributed by atoms with E-state index >= 15 is 0 Å². The zero-order valence-corrected chi connectivity index (χ0v) is 18.0. The van der Waals surface area contributed by atoms with Gasteiger partial charge in [-0.25, -0.2) is 0 Å². The molecule has 154 valence electrons. The average Bonchev–Trinajstić information content (AvgIpc) is 3.18. The first-order chi connectivity index (χ1) is 14.4. The van der Waals surface area contributed by atoms with Gasteiger partial charge in [-0.05, 0) is 55.0 Å². The lowest BCUT2D eigenvalue weighted by atomic mass is 10.1. The largest absolute Gasteiger partial charge is 0.493 e. The number of ether oxygens (including phenoxy) is 2. The zero-order chi connectivity index (χ0) is 21.5. The molecule has 3 aromatic rings. The number of carbonyl (C=O) groups excluding carboxylic acids is 2. The number of thiophene rings is 1. The SMILES string of the molecule is COc1cc(C=CC(=O)c2ccc(Cl)s2)ccc1OCC(=O)Nc1ccc(C)cc1. The standard InChI is InChI=1S/C23H20ClNO4S/c1-15-3-7-17(8-4-15)25-23(27)14-29-19-10-6-16(13-20(19)28-2)5-9-18(26)21-11-12-22(24)30-21/h3-13H,14H2,1-2H3,(H,25,27). The molecule has 3 rings (SSSR count). The van der Waals surface area contributed by atoms with Crippen LogP contribution in [0.25, 0.3) is 6.08 Å². The quantitative estimate of drug-likeness (QED) is 0.363. The molecule has 1 heterocycles. The van der Waals surface area contributed by atoms with E-state index in [-0.39, 0.29) is 18.3 Å². The molecule has 1 aromatic heterocycles. The Labute approximate surface area is 183 Å². The maximum absolute atomic E-state index is 12.2. The summed E-state index contributed by atoms with van der Waals surface area (Å²) in [6.45, 7) is 1.82. The number of methoxy groups -OCH3 is 1. The molecular formula is C23H20ClNO4S.